The molecule has 2 heterocycles. The van der Waals surface area contributed by atoms with E-state index >= 15 is 0 Å². The molecule has 3 aromatic rings. The topological polar surface area (TPSA) is 25.8 Å². The number of fused-ring (bicyclic) bond motifs is 3. The molecular weight excluding hydrogens is 192 g/mol. The molecule has 14 heavy (non-hydrogen) atoms. The summed E-state index contributed by atoms with van der Waals surface area (Å²) < 4.78 is 2.49. The molecule has 0 radical (unpaired) electrons. The summed E-state index contributed by atoms with van der Waals surface area (Å²) in [6.07, 6.45) is 1.64. The van der Waals surface area contributed by atoms with E-state index in [1.165, 1.54) is 14.8 Å². The minimum absolute atomic E-state index is 1.07. The van der Waals surface area contributed by atoms with Crippen LogP contribution < -0.4 is 0 Å². The smallest absolute Gasteiger partial charge is 0.116 e. The van der Waals surface area contributed by atoms with Crippen molar-refractivity contribution in [2.75, 3.05) is 0 Å². The zero-order valence-electron chi connectivity index (χ0n) is 7.69. The first-order valence-corrected chi connectivity index (χ1v) is 5.27. The first-order valence-electron chi connectivity index (χ1n) is 4.45. The van der Waals surface area contributed by atoms with Gasteiger partial charge in [0.1, 0.15) is 6.33 Å². The maximum Gasteiger partial charge on any atom is 0.116 e. The predicted molar refractivity (Wildman–Crippen MR) is 59.7 cm³/mol. The molecule has 0 saturated heterocycles. The van der Waals surface area contributed by atoms with Gasteiger partial charge in [-0.15, -0.1) is 11.3 Å². The van der Waals surface area contributed by atoms with Crippen LogP contribution in [0.25, 0.3) is 20.3 Å². The minimum atomic E-state index is 1.07. The van der Waals surface area contributed by atoms with Crippen molar-refractivity contribution in [1.29, 1.82) is 0 Å². The molecular formula is C11H8N2S. The fourth-order valence-electron chi connectivity index (χ4n) is 1.64. The Morgan fingerprint density at radius 3 is 2.93 bits per heavy atom. The summed E-state index contributed by atoms with van der Waals surface area (Å²) in [7, 11) is 0. The summed E-state index contributed by atoms with van der Waals surface area (Å²) in [5.41, 5.74) is 2.15. The quantitative estimate of drug-likeness (QED) is 0.557. The van der Waals surface area contributed by atoms with Gasteiger partial charge >= 0.3 is 0 Å². The van der Waals surface area contributed by atoms with Crippen LogP contribution in [-0.2, 0) is 0 Å². The minimum Gasteiger partial charge on any atom is -0.240 e. The Morgan fingerprint density at radius 1 is 1.14 bits per heavy atom. The molecule has 0 aliphatic rings. The Morgan fingerprint density at radius 2 is 2.00 bits per heavy atom. The van der Waals surface area contributed by atoms with Crippen LogP contribution in [0, 0.1) is 6.92 Å². The molecule has 0 fully saturated rings. The van der Waals surface area contributed by atoms with Crippen molar-refractivity contribution < 1.29 is 0 Å². The Bertz CT molecular complexity index is 613. The summed E-state index contributed by atoms with van der Waals surface area (Å²) in [6, 6.07) is 8.34. The average molecular weight is 200 g/mol. The molecule has 0 amide bonds. The zero-order valence-corrected chi connectivity index (χ0v) is 8.51. The van der Waals surface area contributed by atoms with Gasteiger partial charge in [-0.25, -0.2) is 9.97 Å². The number of benzene rings is 1. The van der Waals surface area contributed by atoms with Crippen LogP contribution >= 0.6 is 11.3 Å². The Balaban J connectivity index is 2.63. The van der Waals surface area contributed by atoms with E-state index in [0.717, 1.165) is 11.2 Å². The van der Waals surface area contributed by atoms with Gasteiger partial charge in [-0.2, -0.15) is 0 Å². The molecule has 3 rings (SSSR count). The number of aromatic nitrogens is 2. The van der Waals surface area contributed by atoms with Gasteiger partial charge in [-0.1, -0.05) is 18.2 Å². The molecule has 2 nitrogen and oxygen atoms in total. The van der Waals surface area contributed by atoms with Crippen molar-refractivity contribution in [2.24, 2.45) is 0 Å². The van der Waals surface area contributed by atoms with E-state index in [9.17, 15) is 0 Å². The highest BCUT2D eigenvalue weighted by Crippen LogP contribution is 2.32. The van der Waals surface area contributed by atoms with Crippen molar-refractivity contribution in [1.82, 2.24) is 9.97 Å². The van der Waals surface area contributed by atoms with Gasteiger partial charge in [-0.3, -0.25) is 0 Å². The standard InChI is InChI=1S/C11H8N2S/c1-7-11-10(13-6-12-7)8-4-2-3-5-9(8)14-11/h2-6H,1H3. The molecule has 0 spiro atoms. The summed E-state index contributed by atoms with van der Waals surface area (Å²) in [6.45, 7) is 2.03. The fourth-order valence-corrected chi connectivity index (χ4v) is 2.74. The average Bonchev–Trinajstić information content (AvgIpc) is 2.59. The molecule has 0 unspecified atom stereocenters. The highest BCUT2D eigenvalue weighted by Gasteiger charge is 2.06. The van der Waals surface area contributed by atoms with E-state index in [2.05, 4.69) is 28.2 Å². The lowest BCUT2D eigenvalue weighted by molar-refractivity contribution is 1.16. The number of aryl methyl sites for hydroxylation is 1. The number of hydrogen-bond donors (Lipinski definition) is 0. The monoisotopic (exact) mass is 200 g/mol. The molecule has 0 aliphatic carbocycles. The van der Waals surface area contributed by atoms with E-state index in [0.29, 0.717) is 0 Å². The third-order valence-electron chi connectivity index (χ3n) is 2.34. The summed E-state index contributed by atoms with van der Waals surface area (Å²) >= 11 is 1.76. The molecule has 1 aromatic carbocycles. The first-order chi connectivity index (χ1) is 6.86. The second-order valence-corrected chi connectivity index (χ2v) is 4.29. The maximum absolute atomic E-state index is 4.33. The van der Waals surface area contributed by atoms with Gasteiger partial charge < -0.3 is 0 Å². The van der Waals surface area contributed by atoms with Crippen LogP contribution in [0.4, 0.5) is 0 Å². The maximum atomic E-state index is 4.33. The SMILES string of the molecule is Cc1ncnc2c1sc1ccccc12. The highest BCUT2D eigenvalue weighted by atomic mass is 32.1. The van der Waals surface area contributed by atoms with Crippen molar-refractivity contribution in [2.45, 2.75) is 6.92 Å². The Hall–Kier alpha value is -1.48. The molecule has 0 atom stereocenters. The van der Waals surface area contributed by atoms with E-state index in [4.69, 9.17) is 0 Å². The summed E-state index contributed by atoms with van der Waals surface area (Å²) in [5, 5.41) is 1.23. The summed E-state index contributed by atoms with van der Waals surface area (Å²) in [5.74, 6) is 0. The van der Waals surface area contributed by atoms with Gasteiger partial charge in [-0.05, 0) is 13.0 Å². The second-order valence-electron chi connectivity index (χ2n) is 3.24. The van der Waals surface area contributed by atoms with Crippen molar-refractivity contribution in [3.8, 4) is 0 Å². The molecule has 3 heteroatoms. The van der Waals surface area contributed by atoms with Crippen LogP contribution in [0.3, 0.4) is 0 Å². The van der Waals surface area contributed by atoms with Crippen LogP contribution in [0.5, 0.6) is 0 Å². The van der Waals surface area contributed by atoms with Crippen molar-refractivity contribution >= 4 is 31.6 Å². The second kappa shape index (κ2) is 2.75. The first kappa shape index (κ1) is 7.88. The number of thiophene rings is 1. The third-order valence-corrected chi connectivity index (χ3v) is 3.60. The molecule has 2 aromatic heterocycles. The largest absolute Gasteiger partial charge is 0.240 e. The van der Waals surface area contributed by atoms with Gasteiger partial charge in [0.15, 0.2) is 0 Å². The van der Waals surface area contributed by atoms with Gasteiger partial charge in [0.05, 0.1) is 15.9 Å². The van der Waals surface area contributed by atoms with Gasteiger partial charge in [0.2, 0.25) is 0 Å². The van der Waals surface area contributed by atoms with E-state index in [1.807, 2.05) is 13.0 Å². The predicted octanol–water partition coefficient (Wildman–Crippen LogP) is 3.15. The lowest BCUT2D eigenvalue weighted by Gasteiger charge is -1.91. The van der Waals surface area contributed by atoms with Crippen LogP contribution in [0.1, 0.15) is 5.69 Å². The normalized spacial score (nSPS) is 11.2. The number of rotatable bonds is 0. The molecule has 0 saturated carbocycles. The van der Waals surface area contributed by atoms with E-state index in [-0.39, 0.29) is 0 Å². The molecule has 0 aliphatic heterocycles. The lowest BCUT2D eigenvalue weighted by atomic mass is 10.2. The van der Waals surface area contributed by atoms with E-state index in [1.54, 1.807) is 17.7 Å². The van der Waals surface area contributed by atoms with Crippen LogP contribution in [0.2, 0.25) is 0 Å². The molecule has 0 bridgehead atoms. The zero-order chi connectivity index (χ0) is 9.54. The van der Waals surface area contributed by atoms with Gasteiger partial charge in [0, 0.05) is 10.1 Å². The van der Waals surface area contributed by atoms with E-state index < -0.39 is 0 Å². The third kappa shape index (κ3) is 0.960. The van der Waals surface area contributed by atoms with Crippen LogP contribution in [0.15, 0.2) is 30.6 Å². The van der Waals surface area contributed by atoms with Crippen LogP contribution in [-0.4, -0.2) is 9.97 Å². The fraction of sp³-hybridized carbons (Fsp3) is 0.0909. The number of hydrogen-bond acceptors (Lipinski definition) is 3. The molecule has 0 N–H and O–H groups in total. The van der Waals surface area contributed by atoms with Crippen molar-refractivity contribution in [3.05, 3.63) is 36.3 Å². The molecule has 68 valence electrons. The highest BCUT2D eigenvalue weighted by molar-refractivity contribution is 7.25. The summed E-state index contributed by atoms with van der Waals surface area (Å²) in [4.78, 5) is 8.53. The lowest BCUT2D eigenvalue weighted by Crippen LogP contribution is -1.81. The Kier molecular flexibility index (Phi) is 1.55. The van der Waals surface area contributed by atoms with Crippen molar-refractivity contribution in [3.63, 3.8) is 0 Å². The Labute approximate surface area is 85.2 Å². The number of nitrogens with zero attached hydrogens (tertiary/aromatic N) is 2. The van der Waals surface area contributed by atoms with Gasteiger partial charge in [0.25, 0.3) is 0 Å².